The lowest BCUT2D eigenvalue weighted by atomic mass is 10.3. The van der Waals surface area contributed by atoms with Crippen molar-refractivity contribution in [2.24, 2.45) is 0 Å². The first-order valence-electron chi connectivity index (χ1n) is 7.49. The van der Waals surface area contributed by atoms with Gasteiger partial charge in [0.05, 0.1) is 6.61 Å². The average Bonchev–Trinajstić information content (AvgIpc) is 2.46. The Morgan fingerprint density at radius 1 is 0.905 bits per heavy atom. The molecule has 6 heteroatoms. The van der Waals surface area contributed by atoms with Crippen LogP contribution in [0.3, 0.4) is 0 Å². The van der Waals surface area contributed by atoms with E-state index in [1.165, 1.54) is 0 Å². The van der Waals surface area contributed by atoms with Crippen molar-refractivity contribution in [2.45, 2.75) is 33.2 Å². The third-order valence-corrected chi connectivity index (χ3v) is 5.98. The van der Waals surface area contributed by atoms with E-state index in [1.807, 2.05) is 20.8 Å². The summed E-state index contributed by atoms with van der Waals surface area (Å²) in [5, 5.41) is 9.21. The van der Waals surface area contributed by atoms with Gasteiger partial charge in [-0.2, -0.15) is 0 Å². The molecule has 0 aliphatic heterocycles. The van der Waals surface area contributed by atoms with Crippen molar-refractivity contribution in [3.05, 3.63) is 24.3 Å². The molecule has 1 aromatic carbocycles. The van der Waals surface area contributed by atoms with Crippen molar-refractivity contribution in [2.75, 3.05) is 26.4 Å². The summed E-state index contributed by atoms with van der Waals surface area (Å²) in [7, 11) is -2.56. The second kappa shape index (κ2) is 9.78. The normalized spacial score (nSPS) is 11.6. The summed E-state index contributed by atoms with van der Waals surface area (Å²) in [5.74, 6) is 0.974. The number of hydrogen-bond acceptors (Lipinski definition) is 5. The fourth-order valence-electron chi connectivity index (χ4n) is 2.02. The molecule has 0 saturated carbocycles. The predicted molar refractivity (Wildman–Crippen MR) is 83.7 cm³/mol. The lowest BCUT2D eigenvalue weighted by Crippen LogP contribution is -2.46. The Bertz CT molecular complexity index is 365. The van der Waals surface area contributed by atoms with Gasteiger partial charge in [-0.3, -0.25) is 0 Å². The lowest BCUT2D eigenvalue weighted by Gasteiger charge is -2.28. The summed E-state index contributed by atoms with van der Waals surface area (Å²) in [6.07, 6.45) is 0.799. The van der Waals surface area contributed by atoms with E-state index < -0.39 is 8.80 Å². The molecule has 0 radical (unpaired) electrons. The van der Waals surface area contributed by atoms with E-state index in [4.69, 9.17) is 18.0 Å². The Morgan fingerprint density at radius 2 is 1.43 bits per heavy atom. The van der Waals surface area contributed by atoms with Crippen LogP contribution in [-0.4, -0.2) is 40.3 Å². The molecule has 1 aromatic rings. The van der Waals surface area contributed by atoms with Crippen LogP contribution in [0.1, 0.15) is 27.2 Å². The van der Waals surface area contributed by atoms with Gasteiger partial charge >= 0.3 is 8.80 Å². The molecule has 0 fully saturated rings. The Morgan fingerprint density at radius 3 is 1.90 bits per heavy atom. The molecule has 0 amide bonds. The summed E-state index contributed by atoms with van der Waals surface area (Å²) in [5.41, 5.74) is 0. The molecule has 120 valence electrons. The van der Waals surface area contributed by atoms with Gasteiger partial charge in [-0.1, -0.05) is 0 Å². The predicted octanol–water partition coefficient (Wildman–Crippen LogP) is 3.21. The Labute approximate surface area is 128 Å². The molecule has 0 aliphatic carbocycles. The highest BCUT2D eigenvalue weighted by molar-refractivity contribution is 6.60. The Kier molecular flexibility index (Phi) is 8.37. The second-order valence-corrected chi connectivity index (χ2v) is 7.16. The average molecular weight is 314 g/mol. The van der Waals surface area contributed by atoms with Gasteiger partial charge in [0.15, 0.2) is 0 Å². The number of hydrogen-bond donors (Lipinski definition) is 1. The molecule has 5 nitrogen and oxygen atoms in total. The van der Waals surface area contributed by atoms with Crippen LogP contribution in [0.25, 0.3) is 0 Å². The van der Waals surface area contributed by atoms with E-state index in [0.29, 0.717) is 26.4 Å². The van der Waals surface area contributed by atoms with Crippen LogP contribution in [0.15, 0.2) is 24.3 Å². The first-order chi connectivity index (χ1) is 10.2. The zero-order valence-corrected chi connectivity index (χ0v) is 14.1. The number of phenolic OH excluding ortho intramolecular Hbond substituents is 1. The van der Waals surface area contributed by atoms with Gasteiger partial charge in [-0.05, 0) is 51.5 Å². The SMILES string of the molecule is CCO[Si](CCCOc1ccc(O)cc1)(OCC)OCC. The van der Waals surface area contributed by atoms with Gasteiger partial charge in [0.25, 0.3) is 0 Å². The first kappa shape index (κ1) is 18.0. The second-order valence-electron chi connectivity index (χ2n) is 4.43. The lowest BCUT2D eigenvalue weighted by molar-refractivity contribution is 0.0696. The minimum Gasteiger partial charge on any atom is -0.508 e. The van der Waals surface area contributed by atoms with Gasteiger partial charge in [0.2, 0.25) is 0 Å². The molecule has 0 heterocycles. The van der Waals surface area contributed by atoms with Crippen molar-refractivity contribution in [1.29, 1.82) is 0 Å². The number of rotatable bonds is 11. The molecule has 0 aliphatic rings. The zero-order valence-electron chi connectivity index (χ0n) is 13.1. The fraction of sp³-hybridized carbons (Fsp3) is 0.600. The van der Waals surface area contributed by atoms with Gasteiger partial charge in [0, 0.05) is 25.9 Å². The van der Waals surface area contributed by atoms with Gasteiger partial charge < -0.3 is 23.1 Å². The van der Waals surface area contributed by atoms with Crippen LogP contribution in [-0.2, 0) is 13.3 Å². The maximum atomic E-state index is 9.21. The van der Waals surface area contributed by atoms with Crippen molar-refractivity contribution in [3.63, 3.8) is 0 Å². The molecule has 0 spiro atoms. The first-order valence-corrected chi connectivity index (χ1v) is 9.42. The molecule has 0 atom stereocenters. The van der Waals surface area contributed by atoms with E-state index in [-0.39, 0.29) is 5.75 Å². The largest absolute Gasteiger partial charge is 0.508 e. The number of ether oxygens (including phenoxy) is 1. The summed E-state index contributed by atoms with van der Waals surface area (Å²) >= 11 is 0. The molecule has 0 saturated heterocycles. The zero-order chi connectivity index (χ0) is 15.6. The number of aromatic hydroxyl groups is 1. The quantitative estimate of drug-likeness (QED) is 0.502. The van der Waals surface area contributed by atoms with Crippen molar-refractivity contribution < 1.29 is 23.1 Å². The van der Waals surface area contributed by atoms with Crippen LogP contribution < -0.4 is 4.74 Å². The van der Waals surface area contributed by atoms with Crippen LogP contribution in [0.4, 0.5) is 0 Å². The van der Waals surface area contributed by atoms with Gasteiger partial charge in [-0.15, -0.1) is 0 Å². The summed E-state index contributed by atoms with van der Waals surface area (Å²) in [6.45, 7) is 8.18. The van der Waals surface area contributed by atoms with E-state index in [2.05, 4.69) is 0 Å². The highest BCUT2D eigenvalue weighted by Gasteiger charge is 2.39. The minimum atomic E-state index is -2.56. The van der Waals surface area contributed by atoms with E-state index in [0.717, 1.165) is 18.2 Å². The maximum Gasteiger partial charge on any atom is 0.501 e. The molecular weight excluding hydrogens is 288 g/mol. The maximum absolute atomic E-state index is 9.21. The summed E-state index contributed by atoms with van der Waals surface area (Å²) in [4.78, 5) is 0. The standard InChI is InChI=1S/C15H26O5Si/c1-4-18-21(19-5-2,20-6-3)13-7-12-17-15-10-8-14(16)9-11-15/h8-11,16H,4-7,12-13H2,1-3H3. The summed E-state index contributed by atoms with van der Waals surface area (Å²) in [6, 6.07) is 7.44. The highest BCUT2D eigenvalue weighted by atomic mass is 28.4. The van der Waals surface area contributed by atoms with E-state index in [1.54, 1.807) is 24.3 Å². The van der Waals surface area contributed by atoms with Gasteiger partial charge in [-0.25, -0.2) is 0 Å². The molecule has 0 bridgehead atoms. The Balaban J connectivity index is 2.43. The third-order valence-electron chi connectivity index (χ3n) is 2.83. The molecule has 0 aromatic heterocycles. The third kappa shape index (κ3) is 6.47. The number of phenols is 1. The molecular formula is C15H26O5Si. The van der Waals surface area contributed by atoms with Crippen LogP contribution in [0.5, 0.6) is 11.5 Å². The molecule has 1 rings (SSSR count). The van der Waals surface area contributed by atoms with Crippen LogP contribution >= 0.6 is 0 Å². The van der Waals surface area contributed by atoms with E-state index >= 15 is 0 Å². The van der Waals surface area contributed by atoms with Crippen LogP contribution in [0, 0.1) is 0 Å². The highest BCUT2D eigenvalue weighted by Crippen LogP contribution is 2.20. The molecule has 21 heavy (non-hydrogen) atoms. The summed E-state index contributed by atoms with van der Waals surface area (Å²) < 4.78 is 23.0. The molecule has 0 unspecified atom stereocenters. The number of benzene rings is 1. The monoisotopic (exact) mass is 314 g/mol. The Hall–Kier alpha value is -1.08. The van der Waals surface area contributed by atoms with Crippen molar-refractivity contribution in [1.82, 2.24) is 0 Å². The van der Waals surface area contributed by atoms with Crippen molar-refractivity contribution in [3.8, 4) is 11.5 Å². The van der Waals surface area contributed by atoms with Crippen molar-refractivity contribution >= 4 is 8.80 Å². The van der Waals surface area contributed by atoms with E-state index in [9.17, 15) is 5.11 Å². The fourth-order valence-corrected chi connectivity index (χ4v) is 4.60. The smallest absolute Gasteiger partial charge is 0.501 e. The van der Waals surface area contributed by atoms with Gasteiger partial charge in [0.1, 0.15) is 11.5 Å². The topological polar surface area (TPSA) is 57.2 Å². The molecule has 1 N–H and O–H groups in total. The van der Waals surface area contributed by atoms with Crippen LogP contribution in [0.2, 0.25) is 6.04 Å². The minimum absolute atomic E-state index is 0.234.